The molecular weight excluding hydrogens is 475 g/mol. The van der Waals surface area contributed by atoms with Gasteiger partial charge in [-0.15, -0.1) is 0 Å². The van der Waals surface area contributed by atoms with Crippen molar-refractivity contribution in [3.8, 4) is 16.9 Å². The molecule has 37 heavy (non-hydrogen) atoms. The number of anilines is 2. The molecule has 1 aromatic carbocycles. The van der Waals surface area contributed by atoms with Gasteiger partial charge in [0.15, 0.2) is 11.5 Å². The lowest BCUT2D eigenvalue weighted by molar-refractivity contribution is 0.0985. The maximum absolute atomic E-state index is 15.3. The van der Waals surface area contributed by atoms with Crippen molar-refractivity contribution in [2.45, 2.75) is 32.2 Å². The van der Waals surface area contributed by atoms with Gasteiger partial charge in [0, 0.05) is 37.3 Å². The van der Waals surface area contributed by atoms with Gasteiger partial charge in [0.25, 0.3) is 0 Å². The minimum absolute atomic E-state index is 0.136. The Morgan fingerprint density at radius 2 is 2.00 bits per heavy atom. The molecule has 2 N–H and O–H groups in total. The number of ether oxygens (including phenoxy) is 1. The highest BCUT2D eigenvalue weighted by atomic mass is 19.1. The molecular formula is C26H29FN8O2. The molecule has 10 nitrogen and oxygen atoms in total. The second-order valence-corrected chi connectivity index (χ2v) is 9.54. The van der Waals surface area contributed by atoms with Crippen molar-refractivity contribution in [2.75, 3.05) is 43.1 Å². The van der Waals surface area contributed by atoms with E-state index in [1.807, 2.05) is 18.2 Å². The second kappa shape index (κ2) is 9.81. The fourth-order valence-corrected chi connectivity index (χ4v) is 5.05. The highest BCUT2D eigenvalue weighted by Crippen LogP contribution is 2.34. The van der Waals surface area contributed by atoms with E-state index in [0.717, 1.165) is 36.0 Å². The summed E-state index contributed by atoms with van der Waals surface area (Å²) in [5, 5.41) is 15.1. The fourth-order valence-electron chi connectivity index (χ4n) is 5.05. The summed E-state index contributed by atoms with van der Waals surface area (Å²) in [6, 6.07) is 8.56. The summed E-state index contributed by atoms with van der Waals surface area (Å²) < 4.78 is 22.6. The summed E-state index contributed by atoms with van der Waals surface area (Å²) in [7, 11) is 0. The smallest absolute Gasteiger partial charge is 0.321 e. The summed E-state index contributed by atoms with van der Waals surface area (Å²) in [6.07, 6.45) is 6.52. The average Bonchev–Trinajstić information content (AvgIpc) is 3.60. The Balaban J connectivity index is 1.39. The van der Waals surface area contributed by atoms with Crippen molar-refractivity contribution < 1.29 is 13.9 Å². The maximum Gasteiger partial charge on any atom is 0.321 e. The van der Waals surface area contributed by atoms with Gasteiger partial charge in [0.2, 0.25) is 0 Å². The van der Waals surface area contributed by atoms with Gasteiger partial charge < -0.3 is 19.9 Å². The highest BCUT2D eigenvalue weighted by molar-refractivity contribution is 5.96. The molecule has 1 atom stereocenters. The molecule has 2 aliphatic rings. The van der Waals surface area contributed by atoms with Crippen LogP contribution in [0.1, 0.15) is 26.2 Å². The monoisotopic (exact) mass is 504 g/mol. The first-order chi connectivity index (χ1) is 18.1. The van der Waals surface area contributed by atoms with Crippen LogP contribution < -0.4 is 10.2 Å². The van der Waals surface area contributed by atoms with Crippen LogP contribution in [-0.4, -0.2) is 74.8 Å². The number of hydrogen-bond donors (Lipinski definition) is 2. The zero-order valence-electron chi connectivity index (χ0n) is 20.7. The number of aromatic nitrogens is 5. The summed E-state index contributed by atoms with van der Waals surface area (Å²) in [6.45, 7) is 5.40. The number of piperidine rings is 1. The number of carbonyl (C=O) groups excluding carboxylic acids is 1. The molecule has 0 bridgehead atoms. The SMILES string of the molecule is C[C@@H]1COCCN1c1cc(-c2ccc(NC(=O)N3CCCCC3)c(F)c2)c2cnn(-c3cc[nH]n3)c2n1. The van der Waals surface area contributed by atoms with Crippen LogP contribution in [-0.2, 0) is 4.74 Å². The fraction of sp³-hybridized carbons (Fsp3) is 0.385. The summed E-state index contributed by atoms with van der Waals surface area (Å²) in [5.74, 6) is 0.884. The first kappa shape index (κ1) is 23.4. The van der Waals surface area contributed by atoms with E-state index in [2.05, 4.69) is 32.4 Å². The van der Waals surface area contributed by atoms with Crippen molar-refractivity contribution in [3.63, 3.8) is 0 Å². The lowest BCUT2D eigenvalue weighted by Crippen LogP contribution is -2.44. The Hall–Kier alpha value is -3.99. The summed E-state index contributed by atoms with van der Waals surface area (Å²) in [5.41, 5.74) is 2.26. The average molecular weight is 505 g/mol. The second-order valence-electron chi connectivity index (χ2n) is 9.54. The van der Waals surface area contributed by atoms with Crippen LogP contribution in [0.2, 0.25) is 0 Å². The number of morpholine rings is 1. The van der Waals surface area contributed by atoms with Crippen LogP contribution >= 0.6 is 0 Å². The van der Waals surface area contributed by atoms with E-state index in [9.17, 15) is 4.79 Å². The van der Waals surface area contributed by atoms with E-state index in [-0.39, 0.29) is 17.8 Å². The molecule has 0 unspecified atom stereocenters. The number of carbonyl (C=O) groups is 1. The molecule has 2 aliphatic heterocycles. The zero-order valence-corrected chi connectivity index (χ0v) is 20.7. The molecule has 0 radical (unpaired) electrons. The normalized spacial score (nSPS) is 18.4. The Labute approximate surface area is 213 Å². The van der Waals surface area contributed by atoms with Crippen molar-refractivity contribution in [3.05, 3.63) is 48.5 Å². The van der Waals surface area contributed by atoms with Crippen molar-refractivity contribution in [2.24, 2.45) is 0 Å². The van der Waals surface area contributed by atoms with Crippen LogP contribution in [0, 0.1) is 5.82 Å². The predicted octanol–water partition coefficient (Wildman–Crippen LogP) is 4.19. The van der Waals surface area contributed by atoms with E-state index in [0.29, 0.717) is 49.9 Å². The van der Waals surface area contributed by atoms with Gasteiger partial charge in [-0.3, -0.25) is 5.10 Å². The van der Waals surface area contributed by atoms with Gasteiger partial charge in [-0.2, -0.15) is 14.9 Å². The molecule has 192 valence electrons. The van der Waals surface area contributed by atoms with Gasteiger partial charge in [-0.1, -0.05) is 6.07 Å². The van der Waals surface area contributed by atoms with Crippen LogP contribution in [0.4, 0.5) is 20.7 Å². The Bertz CT molecular complexity index is 1410. The number of nitrogens with zero attached hydrogens (tertiary/aromatic N) is 6. The van der Waals surface area contributed by atoms with E-state index >= 15 is 4.39 Å². The molecule has 0 spiro atoms. The van der Waals surface area contributed by atoms with Gasteiger partial charge in [-0.25, -0.2) is 14.2 Å². The minimum atomic E-state index is -0.492. The molecule has 5 heterocycles. The molecule has 11 heteroatoms. The molecule has 3 aromatic heterocycles. The molecule has 0 saturated carbocycles. The summed E-state index contributed by atoms with van der Waals surface area (Å²) >= 11 is 0. The number of halogens is 1. The summed E-state index contributed by atoms with van der Waals surface area (Å²) in [4.78, 5) is 21.5. The molecule has 0 aliphatic carbocycles. The number of pyridine rings is 1. The largest absolute Gasteiger partial charge is 0.377 e. The van der Waals surface area contributed by atoms with Crippen LogP contribution in [0.25, 0.3) is 28.0 Å². The highest BCUT2D eigenvalue weighted by Gasteiger charge is 2.24. The number of hydrogen-bond acceptors (Lipinski definition) is 6. The van der Waals surface area contributed by atoms with Crippen LogP contribution in [0.5, 0.6) is 0 Å². The third-order valence-electron chi connectivity index (χ3n) is 7.06. The lowest BCUT2D eigenvalue weighted by atomic mass is 10.0. The Kier molecular flexibility index (Phi) is 6.21. The number of urea groups is 1. The number of fused-ring (bicyclic) bond motifs is 1. The van der Waals surface area contributed by atoms with Gasteiger partial charge in [-0.05, 0) is 55.5 Å². The molecule has 6 rings (SSSR count). The topological polar surface area (TPSA) is 104 Å². The number of amides is 2. The molecule has 2 fully saturated rings. The number of aromatic amines is 1. The third-order valence-corrected chi connectivity index (χ3v) is 7.06. The van der Waals surface area contributed by atoms with Crippen molar-refractivity contribution in [1.82, 2.24) is 29.9 Å². The first-order valence-electron chi connectivity index (χ1n) is 12.7. The van der Waals surface area contributed by atoms with E-state index in [4.69, 9.17) is 9.72 Å². The standard InChI is InChI=1S/C26H29FN8O2/c1-17-16-37-12-11-34(17)24-14-19(20-15-29-35(25(20)31-24)23-7-8-28-32-23)18-5-6-22(21(27)13-18)30-26(36)33-9-3-2-4-10-33/h5-8,13-15,17H,2-4,9-12,16H2,1H3,(H,28,32)(H,30,36)/t17-/m1/s1. The third kappa shape index (κ3) is 4.50. The number of likely N-dealkylation sites (tertiary alicyclic amines) is 1. The molecule has 2 amide bonds. The van der Waals surface area contributed by atoms with E-state index in [1.54, 1.807) is 28.0 Å². The first-order valence-corrected chi connectivity index (χ1v) is 12.7. The zero-order chi connectivity index (χ0) is 25.4. The van der Waals surface area contributed by atoms with Crippen LogP contribution in [0.3, 0.4) is 0 Å². The Morgan fingerprint density at radius 1 is 1.14 bits per heavy atom. The van der Waals surface area contributed by atoms with Gasteiger partial charge in [0.1, 0.15) is 11.6 Å². The van der Waals surface area contributed by atoms with Crippen molar-refractivity contribution >= 4 is 28.6 Å². The number of benzene rings is 1. The van der Waals surface area contributed by atoms with Crippen molar-refractivity contribution in [1.29, 1.82) is 0 Å². The predicted molar refractivity (Wildman–Crippen MR) is 138 cm³/mol. The number of H-pyrrole nitrogens is 1. The number of nitrogens with one attached hydrogen (secondary N) is 2. The van der Waals surface area contributed by atoms with Gasteiger partial charge >= 0.3 is 6.03 Å². The molecule has 4 aromatic rings. The van der Waals surface area contributed by atoms with E-state index < -0.39 is 5.82 Å². The molecule has 2 saturated heterocycles. The lowest BCUT2D eigenvalue weighted by Gasteiger charge is -2.34. The number of rotatable bonds is 4. The van der Waals surface area contributed by atoms with Crippen LogP contribution in [0.15, 0.2) is 42.7 Å². The Morgan fingerprint density at radius 3 is 2.76 bits per heavy atom. The minimum Gasteiger partial charge on any atom is -0.377 e. The van der Waals surface area contributed by atoms with Gasteiger partial charge in [0.05, 0.1) is 31.1 Å². The quantitative estimate of drug-likeness (QED) is 0.432. The maximum atomic E-state index is 15.3. The van der Waals surface area contributed by atoms with E-state index in [1.165, 1.54) is 6.07 Å².